The molecule has 1 aromatic rings. The first-order valence-corrected chi connectivity index (χ1v) is 10.4. The van der Waals surface area contributed by atoms with Gasteiger partial charge in [0.1, 0.15) is 5.75 Å². The van der Waals surface area contributed by atoms with Gasteiger partial charge in [0.05, 0.1) is 12.5 Å². The number of methoxy groups -OCH3 is 1. The molecule has 1 N–H and O–H groups in total. The minimum atomic E-state index is -0.847. The van der Waals surface area contributed by atoms with E-state index >= 15 is 0 Å². The first kappa shape index (κ1) is 19.9. The summed E-state index contributed by atoms with van der Waals surface area (Å²) in [5.74, 6) is 0.992. The Hall–Kier alpha value is -2.37. The molecular weight excluding hydrogens is 370 g/mol. The summed E-state index contributed by atoms with van der Waals surface area (Å²) < 4.78 is 10.8. The smallest absolute Gasteiger partial charge is 0.312 e. The first-order valence-electron chi connectivity index (χ1n) is 10.4. The molecule has 4 saturated carbocycles. The van der Waals surface area contributed by atoms with Gasteiger partial charge in [-0.15, -0.1) is 0 Å². The van der Waals surface area contributed by atoms with Crippen LogP contribution in [0.1, 0.15) is 62.7 Å². The number of ether oxygens (including phenoxy) is 2. The zero-order valence-corrected chi connectivity index (χ0v) is 17.3. The number of esters is 1. The zero-order valence-electron chi connectivity index (χ0n) is 17.3. The Morgan fingerprint density at radius 2 is 1.69 bits per heavy atom. The second-order valence-corrected chi connectivity index (χ2v) is 9.34. The number of benzene rings is 1. The van der Waals surface area contributed by atoms with Crippen molar-refractivity contribution in [3.63, 3.8) is 0 Å². The molecule has 3 atom stereocenters. The molecule has 3 unspecified atom stereocenters. The lowest BCUT2D eigenvalue weighted by atomic mass is 9.47. The SMILES string of the molecule is COc1ccc(C(=O)C(C)OC(=O)C23CC4CC(CC(NC(C)=O)(C4)C2)C3)cc1. The number of ketones is 1. The van der Waals surface area contributed by atoms with Crippen LogP contribution in [0.4, 0.5) is 0 Å². The highest BCUT2D eigenvalue weighted by Gasteiger charge is 2.61. The van der Waals surface area contributed by atoms with Crippen molar-refractivity contribution in [2.45, 2.75) is 64.0 Å². The fraction of sp³-hybridized carbons (Fsp3) is 0.609. The van der Waals surface area contributed by atoms with Gasteiger partial charge in [-0.3, -0.25) is 14.4 Å². The molecule has 6 heteroatoms. The van der Waals surface area contributed by atoms with E-state index in [1.54, 1.807) is 45.2 Å². The molecule has 0 aliphatic heterocycles. The topological polar surface area (TPSA) is 81.7 Å². The average molecular weight is 399 g/mol. The minimum absolute atomic E-state index is 0.0430. The molecule has 4 fully saturated rings. The highest BCUT2D eigenvalue weighted by molar-refractivity contribution is 6.00. The Balaban J connectivity index is 1.48. The number of nitrogens with one attached hydrogen (secondary N) is 1. The molecule has 1 aromatic carbocycles. The van der Waals surface area contributed by atoms with E-state index in [1.165, 1.54) is 0 Å². The summed E-state index contributed by atoms with van der Waals surface area (Å²) in [5.41, 5.74) is -0.384. The van der Waals surface area contributed by atoms with E-state index in [2.05, 4.69) is 5.32 Å². The van der Waals surface area contributed by atoms with Gasteiger partial charge in [-0.05, 0) is 81.5 Å². The lowest BCUT2D eigenvalue weighted by Crippen LogP contribution is -2.64. The molecule has 4 aliphatic rings. The Morgan fingerprint density at radius 1 is 1.07 bits per heavy atom. The normalized spacial score (nSPS) is 33.1. The number of rotatable bonds is 6. The summed E-state index contributed by atoms with van der Waals surface area (Å²) in [5, 5.41) is 3.15. The van der Waals surface area contributed by atoms with Gasteiger partial charge in [0.15, 0.2) is 6.10 Å². The standard InChI is InChI=1S/C23H29NO5/c1-14(20(26)18-4-6-19(28-3)7-5-18)29-21(27)22-9-16-8-17(10-22)12-23(11-16,13-22)24-15(2)25/h4-7,14,16-17H,8-13H2,1-3H3,(H,24,25). The van der Waals surface area contributed by atoms with E-state index in [-0.39, 0.29) is 23.2 Å². The molecule has 0 saturated heterocycles. The van der Waals surface area contributed by atoms with Gasteiger partial charge >= 0.3 is 5.97 Å². The van der Waals surface area contributed by atoms with Crippen molar-refractivity contribution < 1.29 is 23.9 Å². The maximum atomic E-state index is 13.3. The molecule has 29 heavy (non-hydrogen) atoms. The number of hydrogen-bond acceptors (Lipinski definition) is 5. The zero-order chi connectivity index (χ0) is 20.8. The summed E-state index contributed by atoms with van der Waals surface area (Å²) in [6, 6.07) is 6.81. The monoisotopic (exact) mass is 399 g/mol. The number of amides is 1. The third-order valence-electron chi connectivity index (χ3n) is 6.96. The summed E-state index contributed by atoms with van der Waals surface area (Å²) >= 11 is 0. The fourth-order valence-corrected chi connectivity index (χ4v) is 6.35. The van der Waals surface area contributed by atoms with Gasteiger partial charge in [-0.25, -0.2) is 0 Å². The predicted molar refractivity (Wildman–Crippen MR) is 107 cm³/mol. The van der Waals surface area contributed by atoms with Crippen molar-refractivity contribution >= 4 is 17.7 Å². The second kappa shape index (κ2) is 7.15. The van der Waals surface area contributed by atoms with Crippen LogP contribution in [0.5, 0.6) is 5.75 Å². The Bertz CT molecular complexity index is 816. The van der Waals surface area contributed by atoms with Crippen molar-refractivity contribution in [1.82, 2.24) is 5.32 Å². The maximum Gasteiger partial charge on any atom is 0.312 e. The quantitative estimate of drug-likeness (QED) is 0.586. The van der Waals surface area contributed by atoms with Crippen LogP contribution >= 0.6 is 0 Å². The van der Waals surface area contributed by atoms with Crippen LogP contribution in [-0.2, 0) is 14.3 Å². The van der Waals surface area contributed by atoms with Crippen LogP contribution in [0.3, 0.4) is 0 Å². The number of hydrogen-bond donors (Lipinski definition) is 1. The van der Waals surface area contributed by atoms with Gasteiger partial charge in [-0.1, -0.05) is 0 Å². The second-order valence-electron chi connectivity index (χ2n) is 9.34. The van der Waals surface area contributed by atoms with Crippen LogP contribution in [0.2, 0.25) is 0 Å². The van der Waals surface area contributed by atoms with E-state index in [1.807, 2.05) is 0 Å². The van der Waals surface area contributed by atoms with Crippen molar-refractivity contribution in [3.05, 3.63) is 29.8 Å². The Labute approximate surface area is 171 Å². The first-order chi connectivity index (χ1) is 13.7. The van der Waals surface area contributed by atoms with Gasteiger partial charge in [-0.2, -0.15) is 0 Å². The third-order valence-corrected chi connectivity index (χ3v) is 6.96. The van der Waals surface area contributed by atoms with E-state index in [4.69, 9.17) is 9.47 Å². The average Bonchev–Trinajstić information content (AvgIpc) is 2.65. The third kappa shape index (κ3) is 3.65. The summed E-state index contributed by atoms with van der Waals surface area (Å²) in [6.45, 7) is 3.17. The molecular formula is C23H29NO5. The minimum Gasteiger partial charge on any atom is -0.497 e. The predicted octanol–water partition coefficient (Wildman–Crippen LogP) is 3.28. The lowest BCUT2D eigenvalue weighted by Gasteiger charge is -2.60. The van der Waals surface area contributed by atoms with E-state index < -0.39 is 11.5 Å². The lowest BCUT2D eigenvalue weighted by molar-refractivity contribution is -0.178. The van der Waals surface area contributed by atoms with Gasteiger partial charge in [0.2, 0.25) is 11.7 Å². The Kier molecular flexibility index (Phi) is 4.91. The van der Waals surface area contributed by atoms with Gasteiger partial charge in [0, 0.05) is 18.0 Å². The summed E-state index contributed by atoms with van der Waals surface area (Å²) in [6.07, 6.45) is 4.38. The highest BCUT2D eigenvalue weighted by atomic mass is 16.5. The van der Waals surface area contributed by atoms with Crippen LogP contribution < -0.4 is 10.1 Å². The van der Waals surface area contributed by atoms with Crippen LogP contribution in [0, 0.1) is 17.3 Å². The molecule has 156 valence electrons. The molecule has 0 heterocycles. The van der Waals surface area contributed by atoms with E-state index in [0.717, 1.165) is 32.1 Å². The molecule has 0 spiro atoms. The van der Waals surface area contributed by atoms with Gasteiger partial charge in [0.25, 0.3) is 0 Å². The van der Waals surface area contributed by atoms with Crippen LogP contribution in [-0.4, -0.2) is 36.4 Å². The molecule has 4 bridgehead atoms. The summed E-state index contributed by atoms with van der Waals surface area (Å²) in [7, 11) is 1.57. The number of carbonyl (C=O) groups is 3. The van der Waals surface area contributed by atoms with Crippen molar-refractivity contribution in [2.75, 3.05) is 7.11 Å². The highest BCUT2D eigenvalue weighted by Crippen LogP contribution is 2.62. The van der Waals surface area contributed by atoms with E-state index in [0.29, 0.717) is 29.6 Å². The molecule has 0 aromatic heterocycles. The van der Waals surface area contributed by atoms with Crippen LogP contribution in [0.25, 0.3) is 0 Å². The molecule has 4 aliphatic carbocycles. The summed E-state index contributed by atoms with van der Waals surface area (Å²) in [4.78, 5) is 37.8. The van der Waals surface area contributed by atoms with Crippen LogP contribution in [0.15, 0.2) is 24.3 Å². The molecule has 1 amide bonds. The van der Waals surface area contributed by atoms with Crippen molar-refractivity contribution in [2.24, 2.45) is 17.3 Å². The maximum absolute atomic E-state index is 13.3. The largest absolute Gasteiger partial charge is 0.497 e. The number of carbonyl (C=O) groups excluding carboxylic acids is 3. The number of Topliss-reactive ketones (excluding diaryl/α,β-unsaturated/α-hetero) is 1. The Morgan fingerprint density at radius 3 is 2.24 bits per heavy atom. The molecule has 0 radical (unpaired) electrons. The molecule has 5 rings (SSSR count). The van der Waals surface area contributed by atoms with Gasteiger partial charge < -0.3 is 14.8 Å². The fourth-order valence-electron chi connectivity index (χ4n) is 6.35. The van der Waals surface area contributed by atoms with Crippen molar-refractivity contribution in [3.8, 4) is 5.75 Å². The molecule has 6 nitrogen and oxygen atoms in total. The van der Waals surface area contributed by atoms with Crippen molar-refractivity contribution in [1.29, 1.82) is 0 Å². The van der Waals surface area contributed by atoms with E-state index in [9.17, 15) is 14.4 Å².